The molecular weight excluding hydrogens is 264 g/mol. The standard InChI is InChI=1S/C13H18N2O5/c1-8(2)14-13(17)7-20-12-5-4-10(15(18)19)6-11(12)9(3)16/h4-6,8-9,16H,7H2,1-3H3,(H,14,17)/t9-/m0/s1. The van der Waals surface area contributed by atoms with E-state index in [1.165, 1.54) is 25.1 Å². The van der Waals surface area contributed by atoms with Crippen LogP contribution in [-0.2, 0) is 4.79 Å². The summed E-state index contributed by atoms with van der Waals surface area (Å²) in [5.41, 5.74) is 0.136. The van der Waals surface area contributed by atoms with Crippen molar-refractivity contribution in [1.29, 1.82) is 0 Å². The van der Waals surface area contributed by atoms with E-state index in [-0.39, 0.29) is 35.6 Å². The van der Waals surface area contributed by atoms with Gasteiger partial charge in [-0.2, -0.15) is 0 Å². The topological polar surface area (TPSA) is 102 Å². The molecule has 0 saturated carbocycles. The predicted molar refractivity (Wildman–Crippen MR) is 72.5 cm³/mol. The van der Waals surface area contributed by atoms with E-state index in [1.807, 2.05) is 13.8 Å². The molecule has 0 aromatic heterocycles. The molecule has 1 amide bonds. The number of nitro benzene ring substituents is 1. The number of aliphatic hydroxyl groups is 1. The zero-order chi connectivity index (χ0) is 15.3. The molecular formula is C13H18N2O5. The second-order valence-electron chi connectivity index (χ2n) is 4.67. The van der Waals surface area contributed by atoms with Gasteiger partial charge in [-0.1, -0.05) is 0 Å². The SMILES string of the molecule is CC(C)NC(=O)COc1ccc([N+](=O)[O-])cc1[C@H](C)O. The number of nitrogens with zero attached hydrogens (tertiary/aromatic N) is 1. The fourth-order valence-electron chi connectivity index (χ4n) is 1.61. The molecule has 0 heterocycles. The van der Waals surface area contributed by atoms with Crippen molar-refractivity contribution in [2.24, 2.45) is 0 Å². The largest absolute Gasteiger partial charge is 0.483 e. The highest BCUT2D eigenvalue weighted by molar-refractivity contribution is 5.77. The van der Waals surface area contributed by atoms with Gasteiger partial charge in [0.2, 0.25) is 0 Å². The lowest BCUT2D eigenvalue weighted by molar-refractivity contribution is -0.385. The van der Waals surface area contributed by atoms with Crippen LogP contribution in [0.5, 0.6) is 5.75 Å². The minimum atomic E-state index is -0.932. The summed E-state index contributed by atoms with van der Waals surface area (Å²) in [6.45, 7) is 4.91. The number of nitrogens with one attached hydrogen (secondary N) is 1. The van der Waals surface area contributed by atoms with Crippen LogP contribution in [0.25, 0.3) is 0 Å². The summed E-state index contributed by atoms with van der Waals surface area (Å²) in [6.07, 6.45) is -0.932. The Kier molecular flexibility index (Phi) is 5.45. The highest BCUT2D eigenvalue weighted by atomic mass is 16.6. The van der Waals surface area contributed by atoms with E-state index in [2.05, 4.69) is 5.32 Å². The van der Waals surface area contributed by atoms with Gasteiger partial charge in [0.1, 0.15) is 5.75 Å². The monoisotopic (exact) mass is 282 g/mol. The summed E-state index contributed by atoms with van der Waals surface area (Å²) in [4.78, 5) is 21.6. The normalized spacial score (nSPS) is 12.1. The average molecular weight is 282 g/mol. The van der Waals surface area contributed by atoms with Crippen LogP contribution in [0.2, 0.25) is 0 Å². The van der Waals surface area contributed by atoms with Crippen LogP contribution < -0.4 is 10.1 Å². The summed E-state index contributed by atoms with van der Waals surface area (Å²) >= 11 is 0. The van der Waals surface area contributed by atoms with Gasteiger partial charge >= 0.3 is 0 Å². The molecule has 0 aliphatic heterocycles. The number of ether oxygens (including phenoxy) is 1. The van der Waals surface area contributed by atoms with Gasteiger partial charge in [0, 0.05) is 23.7 Å². The number of carbonyl (C=O) groups excluding carboxylic acids is 1. The molecule has 0 unspecified atom stereocenters. The molecule has 0 radical (unpaired) electrons. The summed E-state index contributed by atoms with van der Waals surface area (Å²) < 4.78 is 5.30. The lowest BCUT2D eigenvalue weighted by Gasteiger charge is -2.14. The van der Waals surface area contributed by atoms with Crippen molar-refractivity contribution in [2.75, 3.05) is 6.61 Å². The summed E-state index contributed by atoms with van der Waals surface area (Å²) in [7, 11) is 0. The Balaban J connectivity index is 2.84. The van der Waals surface area contributed by atoms with Crippen LogP contribution in [0.4, 0.5) is 5.69 Å². The first-order valence-corrected chi connectivity index (χ1v) is 6.19. The molecule has 7 nitrogen and oxygen atoms in total. The van der Waals surface area contributed by atoms with Crippen LogP contribution in [0.15, 0.2) is 18.2 Å². The zero-order valence-corrected chi connectivity index (χ0v) is 11.6. The Bertz CT molecular complexity index is 500. The minimum absolute atomic E-state index is 0.000744. The van der Waals surface area contributed by atoms with E-state index >= 15 is 0 Å². The number of amides is 1. The molecule has 20 heavy (non-hydrogen) atoms. The first kappa shape index (κ1) is 15.9. The Morgan fingerprint density at radius 1 is 1.45 bits per heavy atom. The summed E-state index contributed by atoms with van der Waals surface area (Å²) in [6, 6.07) is 3.88. The molecule has 1 rings (SSSR count). The molecule has 0 aliphatic rings. The number of hydrogen-bond acceptors (Lipinski definition) is 5. The van der Waals surface area contributed by atoms with Gasteiger partial charge in [-0.25, -0.2) is 0 Å². The van der Waals surface area contributed by atoms with E-state index < -0.39 is 11.0 Å². The summed E-state index contributed by atoms with van der Waals surface area (Å²) in [5.74, 6) is -0.0422. The van der Waals surface area contributed by atoms with E-state index in [0.717, 1.165) is 0 Å². The number of carbonyl (C=O) groups is 1. The van der Waals surface area contributed by atoms with E-state index in [1.54, 1.807) is 0 Å². The fourth-order valence-corrected chi connectivity index (χ4v) is 1.61. The van der Waals surface area contributed by atoms with Crippen molar-refractivity contribution >= 4 is 11.6 Å². The van der Waals surface area contributed by atoms with Crippen molar-refractivity contribution in [3.63, 3.8) is 0 Å². The molecule has 1 aromatic carbocycles. The molecule has 0 aliphatic carbocycles. The van der Waals surface area contributed by atoms with Gasteiger partial charge in [-0.05, 0) is 26.8 Å². The predicted octanol–water partition coefficient (Wildman–Crippen LogP) is 1.55. The van der Waals surface area contributed by atoms with Crippen LogP contribution >= 0.6 is 0 Å². The highest BCUT2D eigenvalue weighted by Crippen LogP contribution is 2.29. The number of nitro groups is 1. The molecule has 0 fully saturated rings. The minimum Gasteiger partial charge on any atom is -0.483 e. The van der Waals surface area contributed by atoms with E-state index in [0.29, 0.717) is 0 Å². The van der Waals surface area contributed by atoms with Gasteiger partial charge in [0.25, 0.3) is 11.6 Å². The fraction of sp³-hybridized carbons (Fsp3) is 0.462. The van der Waals surface area contributed by atoms with Crippen molar-refractivity contribution in [3.8, 4) is 5.75 Å². The molecule has 110 valence electrons. The maximum Gasteiger partial charge on any atom is 0.270 e. The number of non-ortho nitro benzene ring substituents is 1. The van der Waals surface area contributed by atoms with E-state index in [9.17, 15) is 20.0 Å². The zero-order valence-electron chi connectivity index (χ0n) is 11.6. The maximum absolute atomic E-state index is 11.5. The third-order valence-corrected chi connectivity index (χ3v) is 2.46. The third-order valence-electron chi connectivity index (χ3n) is 2.46. The maximum atomic E-state index is 11.5. The molecule has 1 atom stereocenters. The molecule has 7 heteroatoms. The van der Waals surface area contributed by atoms with Gasteiger partial charge in [-0.3, -0.25) is 14.9 Å². The average Bonchev–Trinajstić information content (AvgIpc) is 2.35. The first-order chi connectivity index (χ1) is 9.31. The lowest BCUT2D eigenvalue weighted by atomic mass is 10.1. The van der Waals surface area contributed by atoms with Gasteiger partial charge < -0.3 is 15.2 Å². The Hall–Kier alpha value is -2.15. The lowest BCUT2D eigenvalue weighted by Crippen LogP contribution is -2.34. The smallest absolute Gasteiger partial charge is 0.270 e. The highest BCUT2D eigenvalue weighted by Gasteiger charge is 2.16. The van der Waals surface area contributed by atoms with Gasteiger partial charge in [-0.15, -0.1) is 0 Å². The number of aliphatic hydroxyl groups excluding tert-OH is 1. The van der Waals surface area contributed by atoms with Crippen molar-refractivity contribution in [2.45, 2.75) is 32.9 Å². The molecule has 0 saturated heterocycles. The van der Waals surface area contributed by atoms with Crippen LogP contribution in [-0.4, -0.2) is 28.6 Å². The van der Waals surface area contributed by atoms with Crippen LogP contribution in [0, 0.1) is 10.1 Å². The quantitative estimate of drug-likeness (QED) is 0.609. The van der Waals surface area contributed by atoms with Crippen molar-refractivity contribution in [3.05, 3.63) is 33.9 Å². The Morgan fingerprint density at radius 2 is 2.10 bits per heavy atom. The molecule has 0 bridgehead atoms. The molecule has 0 spiro atoms. The summed E-state index contributed by atoms with van der Waals surface area (Å²) in [5, 5.41) is 23.0. The number of rotatable bonds is 6. The number of hydrogen-bond donors (Lipinski definition) is 2. The van der Waals surface area contributed by atoms with Gasteiger partial charge in [0.05, 0.1) is 11.0 Å². The second-order valence-corrected chi connectivity index (χ2v) is 4.67. The Labute approximate surface area is 116 Å². The second kappa shape index (κ2) is 6.85. The third kappa shape index (κ3) is 4.51. The molecule has 1 aromatic rings. The van der Waals surface area contributed by atoms with Crippen molar-refractivity contribution < 1.29 is 19.6 Å². The number of benzene rings is 1. The first-order valence-electron chi connectivity index (χ1n) is 6.19. The van der Waals surface area contributed by atoms with Crippen LogP contribution in [0.1, 0.15) is 32.4 Å². The van der Waals surface area contributed by atoms with Crippen molar-refractivity contribution in [1.82, 2.24) is 5.32 Å². The Morgan fingerprint density at radius 3 is 2.60 bits per heavy atom. The molecule has 2 N–H and O–H groups in total. The van der Waals surface area contributed by atoms with Gasteiger partial charge in [0.15, 0.2) is 6.61 Å². The van der Waals surface area contributed by atoms with Crippen LogP contribution in [0.3, 0.4) is 0 Å². The van der Waals surface area contributed by atoms with E-state index in [4.69, 9.17) is 4.74 Å².